The fourth-order valence-corrected chi connectivity index (χ4v) is 3.98. The van der Waals surface area contributed by atoms with Crippen LogP contribution >= 0.6 is 11.8 Å². The first-order valence-corrected chi connectivity index (χ1v) is 12.5. The zero-order valence-corrected chi connectivity index (χ0v) is 21.9. The van der Waals surface area contributed by atoms with Crippen molar-refractivity contribution in [3.8, 4) is 5.40 Å². The van der Waals surface area contributed by atoms with Crippen LogP contribution in [0.1, 0.15) is 18.9 Å². The van der Waals surface area contributed by atoms with Gasteiger partial charge in [0.15, 0.2) is 11.5 Å². The maximum absolute atomic E-state index is 12.1. The van der Waals surface area contributed by atoms with E-state index in [2.05, 4.69) is 10.2 Å². The number of benzene rings is 3. The van der Waals surface area contributed by atoms with Gasteiger partial charge >= 0.3 is 11.7 Å². The number of esters is 1. The summed E-state index contributed by atoms with van der Waals surface area (Å²) in [5.74, 6) is -0.754. The molecule has 0 bridgehead atoms. The number of rotatable bonds is 13. The van der Waals surface area contributed by atoms with Gasteiger partial charge in [0, 0.05) is 18.8 Å². The van der Waals surface area contributed by atoms with Crippen LogP contribution in [0.2, 0.25) is 0 Å². The van der Waals surface area contributed by atoms with Gasteiger partial charge in [-0.15, -0.1) is 5.11 Å². The molecule has 0 unspecified atom stereocenters. The minimum atomic E-state index is -0.811. The Hall–Kier alpha value is -5.16. The Morgan fingerprint density at radius 2 is 1.68 bits per heavy atom. The Morgan fingerprint density at radius 1 is 1.00 bits per heavy atom. The Morgan fingerprint density at radius 3 is 2.27 bits per heavy atom. The summed E-state index contributed by atoms with van der Waals surface area (Å²) in [5, 5.41) is 41.4. The van der Waals surface area contributed by atoms with Crippen molar-refractivity contribution in [2.24, 2.45) is 10.2 Å². The van der Waals surface area contributed by atoms with Gasteiger partial charge < -0.3 is 9.64 Å². The number of thioether (sulfide) groups is 1. The maximum Gasteiger partial charge on any atom is 0.308 e. The van der Waals surface area contributed by atoms with Crippen LogP contribution in [0, 0.1) is 30.9 Å². The van der Waals surface area contributed by atoms with Crippen LogP contribution < -0.4 is 4.90 Å². The fraction of sp³-hybridized carbons (Fsp3) is 0.192. The quantitative estimate of drug-likeness (QED) is 0.0596. The number of hydrogen-bond acceptors (Lipinski definition) is 12. The summed E-state index contributed by atoms with van der Waals surface area (Å²) in [4.78, 5) is 46.1. The molecule has 40 heavy (non-hydrogen) atoms. The first-order valence-electron chi connectivity index (χ1n) is 11.7. The van der Waals surface area contributed by atoms with Crippen LogP contribution in [0.3, 0.4) is 0 Å². The average Bonchev–Trinajstić information content (AvgIpc) is 2.93. The standard InChI is InChI=1S/C26H22N6O7S/c1-18(33)16-39-26(34)11-12-30(15-19-5-3-2-4-6-19)21-9-7-20(8-10-21)28-29-22-13-25(40-17-27)24(32(37)38)14-23(22)31(35)36/h2-10,13-14H,11-12,15-16H2,1H3. The van der Waals surface area contributed by atoms with E-state index in [1.54, 1.807) is 29.7 Å². The molecule has 0 saturated carbocycles. The third-order valence-corrected chi connectivity index (χ3v) is 5.97. The normalized spacial score (nSPS) is 10.6. The molecule has 0 heterocycles. The molecule has 0 fully saturated rings. The number of ether oxygens (including phenoxy) is 1. The van der Waals surface area contributed by atoms with Crippen molar-refractivity contribution in [1.29, 1.82) is 5.26 Å². The second-order valence-corrected chi connectivity index (χ2v) is 9.08. The lowest BCUT2D eigenvalue weighted by Crippen LogP contribution is -2.26. The van der Waals surface area contributed by atoms with Gasteiger partial charge in [-0.25, -0.2) is 0 Å². The molecule has 0 amide bonds. The van der Waals surface area contributed by atoms with E-state index >= 15 is 0 Å². The number of hydrogen-bond donors (Lipinski definition) is 0. The second kappa shape index (κ2) is 14.1. The molecule has 3 aromatic rings. The molecule has 204 valence electrons. The largest absolute Gasteiger partial charge is 0.458 e. The van der Waals surface area contributed by atoms with Crippen molar-refractivity contribution in [2.75, 3.05) is 18.1 Å². The highest BCUT2D eigenvalue weighted by Crippen LogP contribution is 2.39. The highest BCUT2D eigenvalue weighted by molar-refractivity contribution is 8.03. The van der Waals surface area contributed by atoms with Crippen molar-refractivity contribution in [1.82, 2.24) is 0 Å². The van der Waals surface area contributed by atoms with Crippen molar-refractivity contribution in [3.63, 3.8) is 0 Å². The van der Waals surface area contributed by atoms with Crippen LogP contribution in [0.15, 0.2) is 81.9 Å². The summed E-state index contributed by atoms with van der Waals surface area (Å²) in [5.41, 5.74) is 0.639. The predicted octanol–water partition coefficient (Wildman–Crippen LogP) is 6.02. The van der Waals surface area contributed by atoms with Gasteiger partial charge in [-0.2, -0.15) is 10.4 Å². The fourth-order valence-electron chi connectivity index (χ4n) is 3.47. The van der Waals surface area contributed by atoms with Crippen LogP contribution in [0.5, 0.6) is 0 Å². The van der Waals surface area contributed by atoms with Crippen molar-refractivity contribution < 1.29 is 24.2 Å². The summed E-state index contributed by atoms with van der Waals surface area (Å²) in [6.07, 6.45) is 0.0500. The number of nitro groups is 2. The number of carbonyl (C=O) groups is 2. The number of nitrogens with zero attached hydrogens (tertiary/aromatic N) is 6. The van der Waals surface area contributed by atoms with Crippen LogP contribution in [-0.4, -0.2) is 34.8 Å². The van der Waals surface area contributed by atoms with Gasteiger partial charge in [-0.05, 0) is 54.6 Å². The summed E-state index contributed by atoms with van der Waals surface area (Å²) < 4.78 is 4.96. The molecule has 0 N–H and O–H groups in total. The third-order valence-electron chi connectivity index (χ3n) is 5.33. The third kappa shape index (κ3) is 8.43. The minimum absolute atomic E-state index is 0.0500. The van der Waals surface area contributed by atoms with E-state index in [1.165, 1.54) is 6.92 Å². The Bertz CT molecular complexity index is 1470. The number of ketones is 1. The molecule has 0 atom stereocenters. The first kappa shape index (κ1) is 29.4. The monoisotopic (exact) mass is 562 g/mol. The number of Topliss-reactive ketones (excluding diaryl/α,β-unsaturated/α-hetero) is 1. The van der Waals surface area contributed by atoms with E-state index < -0.39 is 27.2 Å². The summed E-state index contributed by atoms with van der Waals surface area (Å²) in [7, 11) is 0. The summed E-state index contributed by atoms with van der Waals surface area (Å²) >= 11 is 0.488. The first-order chi connectivity index (χ1) is 19.2. The highest BCUT2D eigenvalue weighted by Gasteiger charge is 2.25. The van der Waals surface area contributed by atoms with Crippen molar-refractivity contribution in [2.45, 2.75) is 24.8 Å². The molecular weight excluding hydrogens is 540 g/mol. The molecule has 0 aliphatic rings. The van der Waals surface area contributed by atoms with Gasteiger partial charge in [0.2, 0.25) is 0 Å². The molecule has 0 spiro atoms. The Kier molecular flexibility index (Phi) is 10.4. The lowest BCUT2D eigenvalue weighted by molar-refractivity contribution is -0.395. The van der Waals surface area contributed by atoms with Gasteiger partial charge in [-0.1, -0.05) is 30.3 Å². The smallest absolute Gasteiger partial charge is 0.308 e. The molecule has 0 aromatic heterocycles. The Labute approximate surface area is 232 Å². The van der Waals surface area contributed by atoms with Gasteiger partial charge in [0.05, 0.1) is 28.0 Å². The van der Waals surface area contributed by atoms with Gasteiger partial charge in [0.25, 0.3) is 5.69 Å². The lowest BCUT2D eigenvalue weighted by Gasteiger charge is -2.25. The van der Waals surface area contributed by atoms with Crippen LogP contribution in [0.4, 0.5) is 28.4 Å². The number of anilines is 1. The maximum atomic E-state index is 12.1. The molecule has 0 aliphatic carbocycles. The zero-order chi connectivity index (χ0) is 29.1. The van der Waals surface area contributed by atoms with Gasteiger partial charge in [-0.3, -0.25) is 29.8 Å². The summed E-state index contributed by atoms with van der Waals surface area (Å²) in [6, 6.07) is 18.1. The number of nitro benzene ring substituents is 2. The molecule has 0 saturated heterocycles. The number of thiocyanates is 1. The molecule has 3 aromatic carbocycles. The van der Waals surface area contributed by atoms with E-state index in [1.807, 2.05) is 35.2 Å². The molecule has 13 nitrogen and oxygen atoms in total. The van der Waals surface area contributed by atoms with E-state index in [-0.39, 0.29) is 29.4 Å². The number of carbonyl (C=O) groups excluding carboxylic acids is 2. The van der Waals surface area contributed by atoms with E-state index in [0.29, 0.717) is 30.5 Å². The predicted molar refractivity (Wildman–Crippen MR) is 146 cm³/mol. The number of nitriles is 1. The van der Waals surface area contributed by atoms with E-state index in [4.69, 9.17) is 10.00 Å². The Balaban J connectivity index is 1.84. The van der Waals surface area contributed by atoms with E-state index in [0.717, 1.165) is 23.4 Å². The molecular formula is C26H22N6O7S. The minimum Gasteiger partial charge on any atom is -0.458 e. The second-order valence-electron chi connectivity index (χ2n) is 8.25. The van der Waals surface area contributed by atoms with Crippen molar-refractivity contribution in [3.05, 3.63) is 92.5 Å². The van der Waals surface area contributed by atoms with Crippen LogP contribution in [-0.2, 0) is 20.9 Å². The average molecular weight is 563 g/mol. The zero-order valence-electron chi connectivity index (χ0n) is 21.1. The lowest BCUT2D eigenvalue weighted by atomic mass is 10.2. The van der Waals surface area contributed by atoms with Gasteiger partial charge in [0.1, 0.15) is 16.9 Å². The SMILES string of the molecule is CC(=O)COC(=O)CCN(Cc1ccccc1)c1ccc(N=Nc2cc(SC#N)c([N+](=O)[O-])cc2[N+](=O)[O-])cc1. The molecule has 0 radical (unpaired) electrons. The molecule has 3 rings (SSSR count). The molecule has 0 aliphatic heterocycles. The molecule has 14 heteroatoms. The van der Waals surface area contributed by atoms with E-state index in [9.17, 15) is 29.8 Å². The van der Waals surface area contributed by atoms with Crippen LogP contribution in [0.25, 0.3) is 0 Å². The summed E-state index contributed by atoms with van der Waals surface area (Å²) in [6.45, 7) is 1.84. The number of azo groups is 1. The van der Waals surface area contributed by atoms with Crippen molar-refractivity contribution >= 4 is 52.0 Å². The highest BCUT2D eigenvalue weighted by atomic mass is 32.2. The topological polar surface area (TPSA) is 181 Å².